The van der Waals surface area contributed by atoms with Gasteiger partial charge in [0.05, 0.1) is 11.4 Å². The number of hydrogen-bond donors (Lipinski definition) is 1. The second-order valence-corrected chi connectivity index (χ2v) is 6.84. The van der Waals surface area contributed by atoms with Crippen LogP contribution in [0.2, 0.25) is 5.15 Å². The molecule has 8 heteroatoms. The third kappa shape index (κ3) is 3.28. The minimum Gasteiger partial charge on any atom is -0.278 e. The van der Waals surface area contributed by atoms with Crippen LogP contribution in [0.25, 0.3) is 0 Å². The maximum Gasteiger partial charge on any atom is 0.263 e. The molecule has 1 heterocycles. The van der Waals surface area contributed by atoms with Crippen molar-refractivity contribution < 1.29 is 12.8 Å². The van der Waals surface area contributed by atoms with Gasteiger partial charge in [-0.15, -0.1) is 0 Å². The number of aromatic nitrogens is 1. The minimum atomic E-state index is -3.84. The summed E-state index contributed by atoms with van der Waals surface area (Å²) in [6.45, 7) is 1.63. The Morgan fingerprint density at radius 2 is 2.00 bits per heavy atom. The highest BCUT2D eigenvalue weighted by Gasteiger charge is 2.19. The first-order valence-electron chi connectivity index (χ1n) is 5.40. The molecule has 0 aliphatic carbocycles. The van der Waals surface area contributed by atoms with E-state index in [0.29, 0.717) is 11.4 Å². The molecule has 0 spiro atoms. The van der Waals surface area contributed by atoms with E-state index in [4.69, 9.17) is 11.6 Å². The molecular formula is C12H9BrClFN2O2S. The monoisotopic (exact) mass is 378 g/mol. The van der Waals surface area contributed by atoms with Gasteiger partial charge in [0, 0.05) is 4.47 Å². The van der Waals surface area contributed by atoms with Gasteiger partial charge in [0.1, 0.15) is 15.9 Å². The molecule has 0 bridgehead atoms. The lowest BCUT2D eigenvalue weighted by molar-refractivity contribution is 0.599. The van der Waals surface area contributed by atoms with E-state index in [1.807, 2.05) is 0 Å². The summed E-state index contributed by atoms with van der Waals surface area (Å²) in [5.41, 5.74) is 0.755. The number of nitrogens with one attached hydrogen (secondary N) is 1. The van der Waals surface area contributed by atoms with Crippen molar-refractivity contribution in [2.75, 3.05) is 4.72 Å². The predicted molar refractivity (Wildman–Crippen MR) is 78.9 cm³/mol. The van der Waals surface area contributed by atoms with Crippen molar-refractivity contribution in [3.8, 4) is 0 Å². The number of sulfonamides is 1. The predicted octanol–water partition coefficient (Wildman–Crippen LogP) is 3.75. The number of hydrogen-bond acceptors (Lipinski definition) is 3. The van der Waals surface area contributed by atoms with E-state index in [9.17, 15) is 12.8 Å². The van der Waals surface area contributed by atoms with Crippen LogP contribution < -0.4 is 4.72 Å². The molecule has 0 unspecified atom stereocenters. The second kappa shape index (κ2) is 5.67. The fourth-order valence-electron chi connectivity index (χ4n) is 1.53. The van der Waals surface area contributed by atoms with Crippen LogP contribution in [0.4, 0.5) is 10.1 Å². The molecule has 1 aromatic carbocycles. The van der Waals surface area contributed by atoms with Crippen LogP contribution in [-0.2, 0) is 10.0 Å². The summed E-state index contributed by atoms with van der Waals surface area (Å²) in [6.07, 6.45) is 0. The molecule has 0 atom stereocenters. The summed E-state index contributed by atoms with van der Waals surface area (Å²) in [4.78, 5) is 3.89. The highest BCUT2D eigenvalue weighted by atomic mass is 79.9. The molecular weight excluding hydrogens is 371 g/mol. The normalized spacial score (nSPS) is 11.4. The van der Waals surface area contributed by atoms with Crippen molar-refractivity contribution in [1.29, 1.82) is 0 Å². The third-order valence-corrected chi connectivity index (χ3v) is 5.03. The largest absolute Gasteiger partial charge is 0.278 e. The van der Waals surface area contributed by atoms with Crippen LogP contribution >= 0.6 is 27.5 Å². The van der Waals surface area contributed by atoms with Gasteiger partial charge >= 0.3 is 0 Å². The molecule has 4 nitrogen and oxygen atoms in total. The van der Waals surface area contributed by atoms with E-state index >= 15 is 0 Å². The average molecular weight is 380 g/mol. The van der Waals surface area contributed by atoms with Crippen LogP contribution in [0, 0.1) is 12.7 Å². The maximum absolute atomic E-state index is 13.0. The second-order valence-electron chi connectivity index (χ2n) is 3.95. The molecule has 1 aromatic heterocycles. The summed E-state index contributed by atoms with van der Waals surface area (Å²) in [7, 11) is -3.84. The Morgan fingerprint density at radius 1 is 1.30 bits per heavy atom. The zero-order chi connectivity index (χ0) is 14.9. The Morgan fingerprint density at radius 3 is 2.60 bits per heavy atom. The highest BCUT2D eigenvalue weighted by molar-refractivity contribution is 9.10. The van der Waals surface area contributed by atoms with E-state index in [2.05, 4.69) is 25.6 Å². The van der Waals surface area contributed by atoms with Crippen LogP contribution in [0.5, 0.6) is 0 Å². The Kier molecular flexibility index (Phi) is 4.31. The molecule has 0 aliphatic heterocycles. The number of halogens is 3. The standard InChI is InChI=1S/C12H9BrClFN2O2S/c1-7-10(3-5-12(14)16-7)17-20(18,19)11-4-2-8(15)6-9(11)13/h2-6,17H,1H3. The van der Waals surface area contributed by atoms with Gasteiger partial charge in [0.2, 0.25) is 0 Å². The number of nitrogens with zero attached hydrogens (tertiary/aromatic N) is 1. The van der Waals surface area contributed by atoms with Crippen molar-refractivity contribution in [1.82, 2.24) is 4.98 Å². The van der Waals surface area contributed by atoms with E-state index in [1.165, 1.54) is 18.2 Å². The van der Waals surface area contributed by atoms with Gasteiger partial charge in [-0.1, -0.05) is 11.6 Å². The first kappa shape index (κ1) is 15.2. The van der Waals surface area contributed by atoms with Crippen LogP contribution in [0.3, 0.4) is 0 Å². The molecule has 106 valence electrons. The molecule has 0 aliphatic rings. The van der Waals surface area contributed by atoms with Gasteiger partial charge in [-0.25, -0.2) is 17.8 Å². The molecule has 20 heavy (non-hydrogen) atoms. The lowest BCUT2D eigenvalue weighted by Crippen LogP contribution is -2.14. The van der Waals surface area contributed by atoms with Crippen molar-refractivity contribution >= 4 is 43.2 Å². The molecule has 0 amide bonds. The van der Waals surface area contributed by atoms with Crippen molar-refractivity contribution in [2.45, 2.75) is 11.8 Å². The Labute approximate surface area is 129 Å². The summed E-state index contributed by atoms with van der Waals surface area (Å²) in [5, 5.41) is 0.272. The van der Waals surface area contributed by atoms with Gasteiger partial charge < -0.3 is 0 Å². The molecule has 0 saturated carbocycles. The molecule has 1 N–H and O–H groups in total. The van der Waals surface area contributed by atoms with Gasteiger partial charge in [-0.3, -0.25) is 4.72 Å². The van der Waals surface area contributed by atoms with Gasteiger partial charge in [-0.05, 0) is 53.2 Å². The number of rotatable bonds is 3. The number of benzene rings is 1. The number of pyridine rings is 1. The SMILES string of the molecule is Cc1nc(Cl)ccc1NS(=O)(=O)c1ccc(F)cc1Br. The topological polar surface area (TPSA) is 59.1 Å². The minimum absolute atomic E-state index is 0.0618. The summed E-state index contributed by atoms with van der Waals surface area (Å²) in [5.74, 6) is -0.528. The van der Waals surface area contributed by atoms with E-state index < -0.39 is 15.8 Å². The molecule has 0 radical (unpaired) electrons. The Bertz CT molecular complexity index is 768. The highest BCUT2D eigenvalue weighted by Crippen LogP contribution is 2.26. The summed E-state index contributed by atoms with van der Waals surface area (Å²) < 4.78 is 40.0. The van der Waals surface area contributed by atoms with Gasteiger partial charge in [-0.2, -0.15) is 0 Å². The van der Waals surface area contributed by atoms with E-state index in [1.54, 1.807) is 6.92 Å². The van der Waals surface area contributed by atoms with Crippen LogP contribution in [0.1, 0.15) is 5.69 Å². The molecule has 2 rings (SSSR count). The van der Waals surface area contributed by atoms with E-state index in [-0.39, 0.29) is 14.5 Å². The molecule has 2 aromatic rings. The quantitative estimate of drug-likeness (QED) is 0.826. The zero-order valence-corrected chi connectivity index (χ0v) is 13.4. The Hall–Kier alpha value is -1.18. The number of aryl methyl sites for hydroxylation is 1. The summed E-state index contributed by atoms with van der Waals surface area (Å²) in [6, 6.07) is 6.33. The van der Waals surface area contributed by atoms with Crippen LogP contribution in [0.15, 0.2) is 39.7 Å². The lowest BCUT2D eigenvalue weighted by atomic mass is 10.3. The van der Waals surface area contributed by atoms with Crippen LogP contribution in [-0.4, -0.2) is 13.4 Å². The van der Waals surface area contributed by atoms with E-state index in [0.717, 1.165) is 12.1 Å². The first-order chi connectivity index (χ1) is 9.29. The Balaban J connectivity index is 2.41. The zero-order valence-electron chi connectivity index (χ0n) is 10.2. The van der Waals surface area contributed by atoms with Gasteiger partial charge in [0.15, 0.2) is 0 Å². The third-order valence-electron chi connectivity index (χ3n) is 2.48. The van der Waals surface area contributed by atoms with Gasteiger partial charge in [0.25, 0.3) is 10.0 Å². The molecule has 0 saturated heterocycles. The van der Waals surface area contributed by atoms with Crippen molar-refractivity contribution in [3.05, 3.63) is 51.5 Å². The van der Waals surface area contributed by atoms with Crippen molar-refractivity contribution in [2.24, 2.45) is 0 Å². The van der Waals surface area contributed by atoms with Crippen molar-refractivity contribution in [3.63, 3.8) is 0 Å². The fourth-order valence-corrected chi connectivity index (χ4v) is 3.89. The first-order valence-corrected chi connectivity index (χ1v) is 8.06. The fraction of sp³-hybridized carbons (Fsp3) is 0.0833. The average Bonchev–Trinajstić information content (AvgIpc) is 2.32. The maximum atomic E-state index is 13.0. The summed E-state index contributed by atoms with van der Waals surface area (Å²) >= 11 is 8.74. The lowest BCUT2D eigenvalue weighted by Gasteiger charge is -2.11. The molecule has 0 fully saturated rings. The number of anilines is 1. The smallest absolute Gasteiger partial charge is 0.263 e.